The zero-order valence-corrected chi connectivity index (χ0v) is 17.5. The van der Waals surface area contributed by atoms with Gasteiger partial charge in [0, 0.05) is 10.0 Å². The Morgan fingerprint density at radius 2 is 1.93 bits per heavy atom. The summed E-state index contributed by atoms with van der Waals surface area (Å²) in [6.45, 7) is 0.743. The second-order valence-electron chi connectivity index (χ2n) is 6.16. The Hall–Kier alpha value is -2.31. The molecule has 0 radical (unpaired) electrons. The molecule has 1 aromatic heterocycles. The molecule has 1 aliphatic heterocycles. The second-order valence-corrected chi connectivity index (χ2v) is 8.02. The second kappa shape index (κ2) is 7.74. The molecule has 2 aromatic carbocycles. The smallest absolute Gasteiger partial charge is 0.164 e. The van der Waals surface area contributed by atoms with E-state index in [2.05, 4.69) is 56.7 Å². The van der Waals surface area contributed by atoms with Crippen molar-refractivity contribution in [1.82, 2.24) is 0 Å². The van der Waals surface area contributed by atoms with Crippen LogP contribution in [0.25, 0.3) is 0 Å². The van der Waals surface area contributed by atoms with E-state index < -0.39 is 0 Å². The first kappa shape index (κ1) is 18.1. The number of rotatable bonds is 5. The molecule has 0 unspecified atom stereocenters. The zero-order chi connectivity index (χ0) is 18.8. The third kappa shape index (κ3) is 3.47. The predicted molar refractivity (Wildman–Crippen MR) is 115 cm³/mol. The molecule has 0 fully saturated rings. The number of ether oxygens (including phenoxy) is 2. The van der Waals surface area contributed by atoms with Gasteiger partial charge in [-0.2, -0.15) is 5.10 Å². The minimum atomic E-state index is 0.0904. The Morgan fingerprint density at radius 3 is 2.63 bits per heavy atom. The number of nitrogens with zero attached hydrogens (tertiary/aromatic N) is 2. The van der Waals surface area contributed by atoms with Gasteiger partial charge in [0.05, 0.1) is 43.0 Å². The standard InChI is InChI=1S/C21H19BrN2O2S/c1-25-18-9-4-8-16(21(18)26-2)17-13-24(15-7-3-6-14(22)12-15)23-20(17)19-10-5-11-27-19/h3-12,17H,13H2,1-2H3/t17-/m0/s1. The molecule has 0 amide bonds. The highest BCUT2D eigenvalue weighted by atomic mass is 79.9. The van der Waals surface area contributed by atoms with Crippen molar-refractivity contribution >= 4 is 38.7 Å². The first-order chi connectivity index (χ1) is 13.2. The van der Waals surface area contributed by atoms with E-state index in [1.807, 2.05) is 24.3 Å². The molecule has 3 aromatic rings. The number of hydrogen-bond donors (Lipinski definition) is 0. The first-order valence-corrected chi connectivity index (χ1v) is 10.2. The van der Waals surface area contributed by atoms with Crippen LogP contribution in [0.3, 0.4) is 0 Å². The van der Waals surface area contributed by atoms with Crippen molar-refractivity contribution in [3.05, 3.63) is 74.9 Å². The fourth-order valence-electron chi connectivity index (χ4n) is 3.38. The van der Waals surface area contributed by atoms with E-state index in [0.29, 0.717) is 0 Å². The van der Waals surface area contributed by atoms with Crippen LogP contribution < -0.4 is 14.5 Å². The molecule has 4 nitrogen and oxygen atoms in total. The number of para-hydroxylation sites is 1. The molecule has 6 heteroatoms. The van der Waals surface area contributed by atoms with Crippen molar-refractivity contribution in [2.24, 2.45) is 5.10 Å². The summed E-state index contributed by atoms with van der Waals surface area (Å²) in [5.41, 5.74) is 3.20. The molecular weight excluding hydrogens is 424 g/mol. The van der Waals surface area contributed by atoms with Crippen molar-refractivity contribution in [1.29, 1.82) is 0 Å². The van der Waals surface area contributed by atoms with Crippen LogP contribution in [-0.4, -0.2) is 26.5 Å². The zero-order valence-electron chi connectivity index (χ0n) is 15.1. The first-order valence-electron chi connectivity index (χ1n) is 8.57. The van der Waals surface area contributed by atoms with E-state index >= 15 is 0 Å². The van der Waals surface area contributed by atoms with Gasteiger partial charge in [0.25, 0.3) is 0 Å². The summed E-state index contributed by atoms with van der Waals surface area (Å²) >= 11 is 5.26. The van der Waals surface area contributed by atoms with Crippen LogP contribution in [0.2, 0.25) is 0 Å². The molecule has 1 atom stereocenters. The minimum Gasteiger partial charge on any atom is -0.493 e. The van der Waals surface area contributed by atoms with Gasteiger partial charge in [-0.3, -0.25) is 5.01 Å². The number of methoxy groups -OCH3 is 2. The lowest BCUT2D eigenvalue weighted by molar-refractivity contribution is 0.351. The molecule has 2 heterocycles. The molecule has 4 rings (SSSR count). The molecule has 0 saturated carbocycles. The van der Waals surface area contributed by atoms with Gasteiger partial charge in [-0.1, -0.05) is 40.2 Å². The van der Waals surface area contributed by atoms with Crippen molar-refractivity contribution in [2.75, 3.05) is 25.8 Å². The van der Waals surface area contributed by atoms with Crippen LogP contribution in [0.5, 0.6) is 11.5 Å². The maximum Gasteiger partial charge on any atom is 0.164 e. The number of thiophene rings is 1. The number of hydrazone groups is 1. The molecule has 0 N–H and O–H groups in total. The SMILES string of the molecule is COc1cccc([C@@H]2CN(c3cccc(Br)c3)N=C2c2cccs2)c1OC. The third-order valence-electron chi connectivity index (χ3n) is 4.60. The molecule has 0 spiro atoms. The van der Waals surface area contributed by atoms with Gasteiger partial charge in [0.15, 0.2) is 11.5 Å². The Bertz CT molecular complexity index is 972. The van der Waals surface area contributed by atoms with Crippen LogP contribution in [0.1, 0.15) is 16.4 Å². The number of halogens is 1. The van der Waals surface area contributed by atoms with Gasteiger partial charge in [-0.05, 0) is 35.7 Å². The molecule has 0 aliphatic carbocycles. The Balaban J connectivity index is 1.80. The average Bonchev–Trinajstić information content (AvgIpc) is 3.36. The van der Waals surface area contributed by atoms with Gasteiger partial charge in [0.2, 0.25) is 0 Å². The summed E-state index contributed by atoms with van der Waals surface area (Å²) in [7, 11) is 3.35. The highest BCUT2D eigenvalue weighted by Gasteiger charge is 2.33. The maximum absolute atomic E-state index is 5.70. The van der Waals surface area contributed by atoms with Crippen LogP contribution in [0.4, 0.5) is 5.69 Å². The molecule has 27 heavy (non-hydrogen) atoms. The van der Waals surface area contributed by atoms with Gasteiger partial charge in [-0.15, -0.1) is 11.3 Å². The van der Waals surface area contributed by atoms with Gasteiger partial charge >= 0.3 is 0 Å². The minimum absolute atomic E-state index is 0.0904. The van der Waals surface area contributed by atoms with Gasteiger partial charge in [0.1, 0.15) is 0 Å². The molecule has 0 bridgehead atoms. The summed E-state index contributed by atoms with van der Waals surface area (Å²) < 4.78 is 12.2. The Labute approximate surface area is 171 Å². The fraction of sp³-hybridized carbons (Fsp3) is 0.190. The van der Waals surface area contributed by atoms with Gasteiger partial charge in [-0.25, -0.2) is 0 Å². The fourth-order valence-corrected chi connectivity index (χ4v) is 4.53. The quantitative estimate of drug-likeness (QED) is 0.520. The monoisotopic (exact) mass is 442 g/mol. The third-order valence-corrected chi connectivity index (χ3v) is 5.99. The number of hydrogen-bond acceptors (Lipinski definition) is 5. The van der Waals surface area contributed by atoms with Crippen molar-refractivity contribution < 1.29 is 9.47 Å². The largest absolute Gasteiger partial charge is 0.493 e. The van der Waals surface area contributed by atoms with Crippen molar-refractivity contribution in [3.8, 4) is 11.5 Å². The highest BCUT2D eigenvalue weighted by molar-refractivity contribution is 9.10. The van der Waals surface area contributed by atoms with Crippen LogP contribution in [0, 0.1) is 0 Å². The summed E-state index contributed by atoms with van der Waals surface area (Å²) in [5, 5.41) is 9.12. The number of anilines is 1. The predicted octanol–water partition coefficient (Wildman–Crippen LogP) is 5.54. The number of benzene rings is 2. The van der Waals surface area contributed by atoms with E-state index in [4.69, 9.17) is 14.6 Å². The van der Waals surface area contributed by atoms with Gasteiger partial charge < -0.3 is 9.47 Å². The summed E-state index contributed by atoms with van der Waals surface area (Å²) in [6.07, 6.45) is 0. The topological polar surface area (TPSA) is 34.1 Å². The summed E-state index contributed by atoms with van der Waals surface area (Å²) in [4.78, 5) is 1.17. The molecular formula is C21H19BrN2O2S. The molecule has 0 saturated heterocycles. The van der Waals surface area contributed by atoms with Crippen LogP contribution >= 0.6 is 27.3 Å². The Morgan fingerprint density at radius 1 is 1.07 bits per heavy atom. The van der Waals surface area contributed by atoms with E-state index in [9.17, 15) is 0 Å². The summed E-state index contributed by atoms with van der Waals surface area (Å²) in [6, 6.07) is 18.4. The lowest BCUT2D eigenvalue weighted by Gasteiger charge is -2.19. The highest BCUT2D eigenvalue weighted by Crippen LogP contribution is 2.41. The lowest BCUT2D eigenvalue weighted by Crippen LogP contribution is -2.18. The Kier molecular flexibility index (Phi) is 5.18. The van der Waals surface area contributed by atoms with Crippen molar-refractivity contribution in [2.45, 2.75) is 5.92 Å². The summed E-state index contributed by atoms with van der Waals surface area (Å²) in [5.74, 6) is 1.60. The lowest BCUT2D eigenvalue weighted by atomic mass is 9.92. The molecule has 1 aliphatic rings. The molecule has 138 valence electrons. The normalized spacial score (nSPS) is 16.3. The van der Waals surface area contributed by atoms with Crippen LogP contribution in [-0.2, 0) is 0 Å². The average molecular weight is 443 g/mol. The van der Waals surface area contributed by atoms with Crippen LogP contribution in [0.15, 0.2) is 69.6 Å². The van der Waals surface area contributed by atoms with Crippen molar-refractivity contribution in [3.63, 3.8) is 0 Å². The van der Waals surface area contributed by atoms with E-state index in [1.54, 1.807) is 25.6 Å². The van der Waals surface area contributed by atoms with E-state index in [1.165, 1.54) is 4.88 Å². The maximum atomic E-state index is 5.70. The van der Waals surface area contributed by atoms with E-state index in [-0.39, 0.29) is 5.92 Å². The van der Waals surface area contributed by atoms with E-state index in [0.717, 1.165) is 39.5 Å².